The van der Waals surface area contributed by atoms with Gasteiger partial charge in [0.25, 0.3) is 6.29 Å². The first-order valence-electron chi connectivity index (χ1n) is 7.68. The molecule has 116 valence electrons. The van der Waals surface area contributed by atoms with Gasteiger partial charge < -0.3 is 0 Å². The molecular weight excluding hydrogens is 298 g/mol. The van der Waals surface area contributed by atoms with Crippen LogP contribution in [0.25, 0.3) is 0 Å². The summed E-state index contributed by atoms with van der Waals surface area (Å²) in [7, 11) is -4.53. The van der Waals surface area contributed by atoms with Crippen LogP contribution in [0.5, 0.6) is 0 Å². The van der Waals surface area contributed by atoms with Crippen LogP contribution in [0.4, 0.5) is 0 Å². The van der Waals surface area contributed by atoms with Crippen molar-refractivity contribution in [3.63, 3.8) is 0 Å². The molecule has 0 N–H and O–H groups in total. The van der Waals surface area contributed by atoms with Crippen molar-refractivity contribution in [2.75, 3.05) is 0 Å². The molecule has 1 rings (SSSR count). The molecule has 1 aliphatic heterocycles. The summed E-state index contributed by atoms with van der Waals surface area (Å²) in [4.78, 5) is 0. The second kappa shape index (κ2) is 11.7. The van der Waals surface area contributed by atoms with E-state index in [2.05, 4.69) is 11.2 Å². The van der Waals surface area contributed by atoms with Crippen LogP contribution in [-0.4, -0.2) is 6.29 Å². The third kappa shape index (κ3) is 9.10. The average molecular weight is 324 g/mol. The molecule has 0 aromatic carbocycles. The normalized spacial score (nSPS) is 23.1. The van der Waals surface area contributed by atoms with Gasteiger partial charge in [0.2, 0.25) is 0 Å². The predicted octanol–water partition coefficient (Wildman–Crippen LogP) is 6.00. The highest BCUT2D eigenvalue weighted by Crippen LogP contribution is 2.48. The Morgan fingerprint density at radius 2 is 1.20 bits per heavy atom. The Balaban J connectivity index is 1.87. The maximum Gasteiger partial charge on any atom is 0.750 e. The zero-order valence-corrected chi connectivity index (χ0v) is 14.1. The van der Waals surface area contributed by atoms with Crippen LogP contribution in [0.2, 0.25) is 0 Å². The molecule has 1 heterocycles. The highest BCUT2D eigenvalue weighted by molar-refractivity contribution is 7.48. The lowest BCUT2D eigenvalue weighted by atomic mass is 10.1. The van der Waals surface area contributed by atoms with E-state index < -0.39 is 22.8 Å². The Morgan fingerprint density at radius 3 is 1.70 bits per heavy atom. The summed E-state index contributed by atoms with van der Waals surface area (Å²) in [6, 6.07) is 0. The Bertz CT molecular complexity index is 282. The molecule has 1 fully saturated rings. The van der Waals surface area contributed by atoms with E-state index in [4.69, 9.17) is 9.05 Å². The maximum atomic E-state index is 11.0. The third-order valence-corrected chi connectivity index (χ3v) is 5.22. The summed E-state index contributed by atoms with van der Waals surface area (Å²) in [6.45, 7) is 2.23. The van der Waals surface area contributed by atoms with Crippen molar-refractivity contribution in [1.29, 1.82) is 0 Å². The van der Waals surface area contributed by atoms with Crippen molar-refractivity contribution in [1.82, 2.24) is 0 Å². The fraction of sp³-hybridized carbons (Fsp3) is 1.00. The topological polar surface area (TPSA) is 61.8 Å². The molecule has 0 saturated carbocycles. The Morgan fingerprint density at radius 1 is 0.750 bits per heavy atom. The number of hydrogen-bond acceptors (Lipinski definition) is 5. The minimum atomic E-state index is -2.27. The largest absolute Gasteiger partial charge is 0.750 e. The first kappa shape index (κ1) is 18.1. The molecule has 2 unspecified atom stereocenters. The third-order valence-electron chi connectivity index (χ3n) is 3.33. The van der Waals surface area contributed by atoms with E-state index >= 15 is 0 Å². The van der Waals surface area contributed by atoms with Crippen LogP contribution in [0.15, 0.2) is 0 Å². The maximum absolute atomic E-state index is 11.0. The van der Waals surface area contributed by atoms with E-state index in [1.165, 1.54) is 51.4 Å². The zero-order valence-electron chi connectivity index (χ0n) is 12.3. The van der Waals surface area contributed by atoms with Gasteiger partial charge in [0.1, 0.15) is 0 Å². The van der Waals surface area contributed by atoms with Crippen LogP contribution in [-0.2, 0) is 22.5 Å². The van der Waals surface area contributed by atoms with Crippen LogP contribution < -0.4 is 0 Å². The molecule has 1 aliphatic rings. The van der Waals surface area contributed by atoms with Gasteiger partial charge in [0.05, 0.1) is 0 Å². The lowest BCUT2D eigenvalue weighted by Crippen LogP contribution is -2.13. The first-order chi connectivity index (χ1) is 9.72. The van der Waals surface area contributed by atoms with Gasteiger partial charge in [-0.25, -0.2) is 0 Å². The lowest BCUT2D eigenvalue weighted by Gasteiger charge is -2.05. The highest BCUT2D eigenvalue weighted by Gasteiger charge is 2.51. The summed E-state index contributed by atoms with van der Waals surface area (Å²) in [6.07, 6.45) is 12.5. The molecule has 5 nitrogen and oxygen atoms in total. The summed E-state index contributed by atoms with van der Waals surface area (Å²) < 4.78 is 36.2. The van der Waals surface area contributed by atoms with E-state index in [1.807, 2.05) is 0 Å². The molecule has 0 amide bonds. The van der Waals surface area contributed by atoms with Crippen LogP contribution in [0.3, 0.4) is 0 Å². The van der Waals surface area contributed by atoms with E-state index in [0.717, 1.165) is 12.8 Å². The highest BCUT2D eigenvalue weighted by atomic mass is 31.2. The van der Waals surface area contributed by atoms with E-state index in [9.17, 15) is 9.13 Å². The molecule has 20 heavy (non-hydrogen) atoms. The molecule has 1 saturated heterocycles. The molecule has 0 radical (unpaired) electrons. The van der Waals surface area contributed by atoms with Crippen molar-refractivity contribution >= 4 is 16.5 Å². The summed E-state index contributed by atoms with van der Waals surface area (Å²) in [5.41, 5.74) is 0. The van der Waals surface area contributed by atoms with Crippen LogP contribution in [0, 0.1) is 0 Å². The molecule has 0 aromatic rings. The summed E-state index contributed by atoms with van der Waals surface area (Å²) >= 11 is 0. The summed E-state index contributed by atoms with van der Waals surface area (Å²) in [5.74, 6) is 0. The van der Waals surface area contributed by atoms with Gasteiger partial charge in [-0.2, -0.15) is 0 Å². The van der Waals surface area contributed by atoms with Gasteiger partial charge in [0.15, 0.2) is 4.31 Å². The smallest absolute Gasteiger partial charge is 0.0789 e. The molecule has 0 bridgehead atoms. The van der Waals surface area contributed by atoms with Crippen LogP contribution >= 0.6 is 16.5 Å². The average Bonchev–Trinajstić information content (AvgIpc) is 2.40. The van der Waals surface area contributed by atoms with Gasteiger partial charge in [-0.05, 0) is 6.42 Å². The van der Waals surface area contributed by atoms with Crippen LogP contribution in [0.1, 0.15) is 77.6 Å². The van der Waals surface area contributed by atoms with Crippen molar-refractivity contribution in [2.24, 2.45) is 0 Å². The molecule has 0 aromatic heterocycles. The minimum Gasteiger partial charge on any atom is -0.0789 e. The van der Waals surface area contributed by atoms with Crippen molar-refractivity contribution < 1.29 is 22.5 Å². The fourth-order valence-corrected chi connectivity index (χ4v) is 3.70. The number of hydrogen-bond donors (Lipinski definition) is 0. The van der Waals surface area contributed by atoms with E-state index in [0.29, 0.717) is 6.42 Å². The Hall–Kier alpha value is 0.0800. The molecule has 2 atom stereocenters. The van der Waals surface area contributed by atoms with Gasteiger partial charge in [0, 0.05) is 15.6 Å². The number of rotatable bonds is 11. The SMILES string of the molecule is CCCCCCCCCCCCC1O[P+](=O)O[P+](=O)O1. The van der Waals surface area contributed by atoms with Gasteiger partial charge in [-0.15, -0.1) is 0 Å². The molecule has 0 spiro atoms. The second-order valence-corrected chi connectivity index (χ2v) is 7.11. The minimum absolute atomic E-state index is 0.627. The quantitative estimate of drug-likeness (QED) is 0.344. The number of unbranched alkanes of at least 4 members (excludes halogenated alkanes) is 9. The second-order valence-electron chi connectivity index (χ2n) is 5.14. The van der Waals surface area contributed by atoms with Gasteiger partial charge >= 0.3 is 16.5 Å². The fourth-order valence-electron chi connectivity index (χ4n) is 2.21. The first-order valence-corrected chi connectivity index (χ1v) is 9.87. The monoisotopic (exact) mass is 324 g/mol. The standard InChI is InChI=1S/C13H26O5P2/c1-2-3-4-5-6-7-8-9-10-11-12-13-16-19(14)18-20(15)17-13/h13H,2-12H2,1H3/q+2. The van der Waals surface area contributed by atoms with Gasteiger partial charge in [-0.3, -0.25) is 0 Å². The van der Waals surface area contributed by atoms with Crippen molar-refractivity contribution in [3.8, 4) is 0 Å². The van der Waals surface area contributed by atoms with Gasteiger partial charge in [-0.1, -0.05) is 73.8 Å². The lowest BCUT2D eigenvalue weighted by molar-refractivity contribution is -0.0222. The van der Waals surface area contributed by atoms with E-state index in [1.54, 1.807) is 0 Å². The molecule has 0 aliphatic carbocycles. The predicted molar refractivity (Wildman–Crippen MR) is 78.7 cm³/mol. The van der Waals surface area contributed by atoms with E-state index in [-0.39, 0.29) is 0 Å². The Labute approximate surface area is 123 Å². The summed E-state index contributed by atoms with van der Waals surface area (Å²) in [5, 5.41) is 0. The van der Waals surface area contributed by atoms with Crippen molar-refractivity contribution in [3.05, 3.63) is 0 Å². The Kier molecular flexibility index (Phi) is 10.6. The zero-order chi connectivity index (χ0) is 14.6. The molecular formula is C13H26O5P2+2. The van der Waals surface area contributed by atoms with Crippen molar-refractivity contribution in [2.45, 2.75) is 83.8 Å². The molecule has 7 heteroatoms.